The van der Waals surface area contributed by atoms with Crippen LogP contribution >= 0.6 is 0 Å². The summed E-state index contributed by atoms with van der Waals surface area (Å²) in [5, 5.41) is 0. The average molecular weight is 379 g/mol. The Hall–Kier alpha value is -1.94. The smallest absolute Gasteiger partial charge is 0.257 e. The van der Waals surface area contributed by atoms with Gasteiger partial charge >= 0.3 is 0 Å². The second-order valence-corrected chi connectivity index (χ2v) is 9.61. The number of nitrogens with zero attached hydrogens (tertiary/aromatic N) is 2. The first kappa shape index (κ1) is 18.1. The fraction of sp³-hybridized carbons (Fsp3) is 0.583. The molecule has 1 aliphatic heterocycles. The summed E-state index contributed by atoms with van der Waals surface area (Å²) in [5.41, 5.74) is 4.43. The van der Waals surface area contributed by atoms with E-state index in [0.29, 0.717) is 6.61 Å². The zero-order chi connectivity index (χ0) is 19.4. The highest BCUT2D eigenvalue weighted by atomic mass is 16.5. The lowest BCUT2D eigenvalue weighted by atomic mass is 9.62. The zero-order valence-electron chi connectivity index (χ0n) is 17.0. The van der Waals surface area contributed by atoms with E-state index in [4.69, 9.17) is 9.72 Å². The van der Waals surface area contributed by atoms with E-state index >= 15 is 0 Å². The average Bonchev–Trinajstić information content (AvgIpc) is 2.68. The molecule has 1 atom stereocenters. The largest absolute Gasteiger partial charge is 0.375 e. The minimum Gasteiger partial charge on any atom is -0.375 e. The molecule has 1 unspecified atom stereocenters. The lowest BCUT2D eigenvalue weighted by Crippen LogP contribution is -2.45. The lowest BCUT2D eigenvalue weighted by Gasteiger charge is -2.42. The molecule has 0 bridgehead atoms. The van der Waals surface area contributed by atoms with Crippen LogP contribution < -0.4 is 5.56 Å². The Morgan fingerprint density at radius 3 is 2.71 bits per heavy atom. The quantitative estimate of drug-likeness (QED) is 0.716. The van der Waals surface area contributed by atoms with Crippen molar-refractivity contribution in [3.8, 4) is 11.3 Å². The third-order valence-corrected chi connectivity index (χ3v) is 7.20. The van der Waals surface area contributed by atoms with Gasteiger partial charge in [0.1, 0.15) is 0 Å². The van der Waals surface area contributed by atoms with Crippen molar-refractivity contribution in [2.75, 3.05) is 6.61 Å². The third kappa shape index (κ3) is 2.85. The summed E-state index contributed by atoms with van der Waals surface area (Å²) in [5.74, 6) is 0. The van der Waals surface area contributed by atoms with Gasteiger partial charge in [-0.1, -0.05) is 43.5 Å². The molecule has 0 N–H and O–H groups in total. The van der Waals surface area contributed by atoms with Gasteiger partial charge in [-0.25, -0.2) is 4.98 Å². The Kier molecular flexibility index (Phi) is 4.24. The van der Waals surface area contributed by atoms with Crippen LogP contribution in [0.15, 0.2) is 35.4 Å². The van der Waals surface area contributed by atoms with Gasteiger partial charge in [0.2, 0.25) is 0 Å². The van der Waals surface area contributed by atoms with E-state index in [2.05, 4.69) is 38.1 Å². The highest BCUT2D eigenvalue weighted by Crippen LogP contribution is 2.48. The number of benzene rings is 1. The maximum atomic E-state index is 13.9. The van der Waals surface area contributed by atoms with Crippen LogP contribution in [0.2, 0.25) is 0 Å². The predicted molar refractivity (Wildman–Crippen MR) is 111 cm³/mol. The first-order valence-electron chi connectivity index (χ1n) is 10.8. The molecular weight excluding hydrogens is 348 g/mol. The van der Waals surface area contributed by atoms with Gasteiger partial charge < -0.3 is 4.74 Å². The maximum Gasteiger partial charge on any atom is 0.257 e. The second kappa shape index (κ2) is 6.55. The summed E-state index contributed by atoms with van der Waals surface area (Å²) in [4.78, 5) is 18.8. The molecule has 1 spiro atoms. The number of aromatic nitrogens is 2. The number of rotatable bonds is 1. The maximum absolute atomic E-state index is 13.9. The molecule has 0 radical (unpaired) electrons. The highest BCUT2D eigenvalue weighted by Gasteiger charge is 2.43. The van der Waals surface area contributed by atoms with Gasteiger partial charge in [-0.15, -0.1) is 0 Å². The molecule has 2 fully saturated rings. The molecule has 148 valence electrons. The summed E-state index contributed by atoms with van der Waals surface area (Å²) >= 11 is 0. The van der Waals surface area contributed by atoms with Crippen molar-refractivity contribution < 1.29 is 4.74 Å². The predicted octanol–water partition coefficient (Wildman–Crippen LogP) is 4.80. The molecule has 5 rings (SSSR count). The molecule has 1 aromatic carbocycles. The minimum absolute atomic E-state index is 0.0320. The van der Waals surface area contributed by atoms with Crippen molar-refractivity contribution in [2.24, 2.45) is 0 Å². The number of fused-ring (bicyclic) bond motifs is 4. The Bertz CT molecular complexity index is 953. The van der Waals surface area contributed by atoms with Crippen LogP contribution in [0.4, 0.5) is 0 Å². The molecular formula is C24H30N2O2. The van der Waals surface area contributed by atoms with Gasteiger partial charge in [-0.05, 0) is 51.5 Å². The molecule has 28 heavy (non-hydrogen) atoms. The Morgan fingerprint density at radius 2 is 1.93 bits per heavy atom. The van der Waals surface area contributed by atoms with Crippen LogP contribution in [0.5, 0.6) is 0 Å². The van der Waals surface area contributed by atoms with E-state index in [0.717, 1.165) is 48.9 Å². The van der Waals surface area contributed by atoms with Gasteiger partial charge in [-0.3, -0.25) is 9.36 Å². The van der Waals surface area contributed by atoms with E-state index in [1.807, 2.05) is 10.9 Å². The fourth-order valence-corrected chi connectivity index (χ4v) is 5.86. The van der Waals surface area contributed by atoms with E-state index in [9.17, 15) is 4.79 Å². The van der Waals surface area contributed by atoms with Gasteiger partial charge in [0.25, 0.3) is 5.56 Å². The Morgan fingerprint density at radius 1 is 1.14 bits per heavy atom. The number of hydrogen-bond donors (Lipinski definition) is 0. The van der Waals surface area contributed by atoms with Crippen LogP contribution in [0.25, 0.3) is 11.3 Å². The summed E-state index contributed by atoms with van der Waals surface area (Å²) < 4.78 is 7.83. The molecule has 4 heteroatoms. The summed E-state index contributed by atoms with van der Waals surface area (Å²) in [6.07, 6.45) is 10.4. The monoisotopic (exact) mass is 378 g/mol. The van der Waals surface area contributed by atoms with E-state index < -0.39 is 0 Å². The Balaban J connectivity index is 1.68. The van der Waals surface area contributed by atoms with Crippen LogP contribution in [0, 0.1) is 0 Å². The van der Waals surface area contributed by atoms with Crippen LogP contribution in [-0.2, 0) is 16.6 Å². The standard InChI is InChI=1S/C24H30N2O2/c1-23(2)15-18(10-13-28-23)26-16-25-21-19-9-5-4-8-17(19)14-24(20(21)22(26)27)11-6-3-7-12-24/h4-5,8-9,16,18H,3,6-7,10-15H2,1-2H3. The van der Waals surface area contributed by atoms with E-state index in [-0.39, 0.29) is 22.6 Å². The molecule has 4 nitrogen and oxygen atoms in total. The van der Waals surface area contributed by atoms with Crippen molar-refractivity contribution in [1.29, 1.82) is 0 Å². The number of ether oxygens (including phenoxy) is 1. The summed E-state index contributed by atoms with van der Waals surface area (Å²) in [6, 6.07) is 8.72. The fourth-order valence-electron chi connectivity index (χ4n) is 5.86. The van der Waals surface area contributed by atoms with Crippen molar-refractivity contribution >= 4 is 0 Å². The first-order chi connectivity index (χ1) is 13.5. The Labute approximate surface area is 167 Å². The van der Waals surface area contributed by atoms with Gasteiger partial charge in [0.05, 0.1) is 23.2 Å². The first-order valence-corrected chi connectivity index (χ1v) is 10.8. The van der Waals surface area contributed by atoms with Crippen molar-refractivity contribution in [2.45, 2.75) is 82.3 Å². The molecule has 0 amide bonds. The molecule has 1 saturated carbocycles. The third-order valence-electron chi connectivity index (χ3n) is 7.20. The van der Waals surface area contributed by atoms with Gasteiger partial charge in [0.15, 0.2) is 0 Å². The van der Waals surface area contributed by atoms with Crippen molar-refractivity contribution in [1.82, 2.24) is 9.55 Å². The topological polar surface area (TPSA) is 44.1 Å². The van der Waals surface area contributed by atoms with E-state index in [1.54, 1.807) is 0 Å². The van der Waals surface area contributed by atoms with Crippen molar-refractivity contribution in [3.63, 3.8) is 0 Å². The van der Waals surface area contributed by atoms with Crippen LogP contribution in [0.1, 0.15) is 76.0 Å². The lowest BCUT2D eigenvalue weighted by molar-refractivity contribution is -0.0697. The molecule has 2 heterocycles. The van der Waals surface area contributed by atoms with Crippen LogP contribution in [-0.4, -0.2) is 21.8 Å². The zero-order valence-corrected chi connectivity index (χ0v) is 17.0. The summed E-state index contributed by atoms with van der Waals surface area (Å²) in [6.45, 7) is 4.94. The van der Waals surface area contributed by atoms with Crippen molar-refractivity contribution in [3.05, 3.63) is 52.1 Å². The second-order valence-electron chi connectivity index (χ2n) is 9.61. The SMILES string of the molecule is CC1(C)CC(n2cnc3c(c2=O)C2(CCCCC2)Cc2ccccc2-3)CCO1. The minimum atomic E-state index is -0.187. The molecule has 3 aliphatic rings. The van der Waals surface area contributed by atoms with Gasteiger partial charge in [-0.2, -0.15) is 0 Å². The van der Waals surface area contributed by atoms with E-state index in [1.165, 1.54) is 24.8 Å². The molecule has 2 aliphatic carbocycles. The molecule has 1 aromatic heterocycles. The number of hydrogen-bond acceptors (Lipinski definition) is 3. The molecule has 2 aromatic rings. The molecule has 1 saturated heterocycles. The summed E-state index contributed by atoms with van der Waals surface area (Å²) in [7, 11) is 0. The highest BCUT2D eigenvalue weighted by molar-refractivity contribution is 5.71. The van der Waals surface area contributed by atoms with Gasteiger partial charge in [0, 0.05) is 23.6 Å². The van der Waals surface area contributed by atoms with Crippen LogP contribution in [0.3, 0.4) is 0 Å². The normalized spacial score (nSPS) is 25.1.